The van der Waals surface area contributed by atoms with Crippen molar-refractivity contribution >= 4 is 17.6 Å². The Kier molecular flexibility index (Phi) is 5.27. The second kappa shape index (κ2) is 7.18. The number of hydrogen-bond donors (Lipinski definition) is 1. The number of carbonyl (C=O) groups excluding carboxylic acids is 1. The molecular weight excluding hydrogens is 320 g/mol. The molecule has 1 aliphatic rings. The van der Waals surface area contributed by atoms with E-state index in [1.54, 1.807) is 24.3 Å². The molecule has 7 heteroatoms. The van der Waals surface area contributed by atoms with Crippen molar-refractivity contribution in [3.05, 3.63) is 57.6 Å². The van der Waals surface area contributed by atoms with E-state index in [4.69, 9.17) is 31.5 Å². The van der Waals surface area contributed by atoms with Crippen molar-refractivity contribution in [3.8, 4) is 6.07 Å². The normalized spacial score (nSPS) is 17.6. The lowest BCUT2D eigenvalue weighted by Gasteiger charge is -2.27. The van der Waals surface area contributed by atoms with Crippen LogP contribution < -0.4 is 5.73 Å². The summed E-state index contributed by atoms with van der Waals surface area (Å²) in [6.45, 7) is 0.0148. The van der Waals surface area contributed by atoms with E-state index >= 15 is 0 Å². The van der Waals surface area contributed by atoms with Crippen molar-refractivity contribution in [2.75, 3.05) is 20.8 Å². The van der Waals surface area contributed by atoms with Gasteiger partial charge in [0.2, 0.25) is 5.88 Å². The van der Waals surface area contributed by atoms with E-state index in [2.05, 4.69) is 0 Å². The number of ether oxygens (including phenoxy) is 3. The highest BCUT2D eigenvalue weighted by molar-refractivity contribution is 6.30. The van der Waals surface area contributed by atoms with Crippen LogP contribution in [0.2, 0.25) is 5.02 Å². The third-order valence-corrected chi connectivity index (χ3v) is 3.59. The van der Waals surface area contributed by atoms with E-state index in [0.29, 0.717) is 10.6 Å². The zero-order chi connectivity index (χ0) is 17.0. The van der Waals surface area contributed by atoms with Gasteiger partial charge in [0.1, 0.15) is 24.0 Å². The molecule has 1 aliphatic heterocycles. The van der Waals surface area contributed by atoms with Gasteiger partial charge >= 0.3 is 5.97 Å². The second-order valence-corrected chi connectivity index (χ2v) is 5.18. The number of allylic oxidation sites excluding steroid dienone is 1. The van der Waals surface area contributed by atoms with E-state index in [1.807, 2.05) is 6.07 Å². The summed E-state index contributed by atoms with van der Waals surface area (Å²) in [5.74, 6) is -1.22. The molecule has 0 fully saturated rings. The van der Waals surface area contributed by atoms with E-state index in [1.165, 1.54) is 14.2 Å². The Morgan fingerprint density at radius 2 is 2.22 bits per heavy atom. The van der Waals surface area contributed by atoms with Crippen LogP contribution in [-0.4, -0.2) is 26.8 Å². The number of methoxy groups -OCH3 is 2. The van der Waals surface area contributed by atoms with Crippen LogP contribution in [0.1, 0.15) is 11.5 Å². The minimum atomic E-state index is -0.731. The summed E-state index contributed by atoms with van der Waals surface area (Å²) in [5.41, 5.74) is 6.76. The number of halogens is 1. The molecular formula is C16H15ClN2O4. The molecule has 0 aromatic heterocycles. The Hall–Kier alpha value is -2.49. The molecule has 0 bridgehead atoms. The fourth-order valence-corrected chi connectivity index (χ4v) is 2.61. The van der Waals surface area contributed by atoms with Gasteiger partial charge in [-0.15, -0.1) is 0 Å². The number of benzene rings is 1. The average Bonchev–Trinajstić information content (AvgIpc) is 2.54. The fourth-order valence-electron chi connectivity index (χ4n) is 2.41. The van der Waals surface area contributed by atoms with Gasteiger partial charge in [0.15, 0.2) is 0 Å². The summed E-state index contributed by atoms with van der Waals surface area (Å²) in [6.07, 6.45) is 0. The third kappa shape index (κ3) is 3.31. The van der Waals surface area contributed by atoms with Crippen molar-refractivity contribution in [1.29, 1.82) is 5.26 Å². The van der Waals surface area contributed by atoms with Gasteiger partial charge in [-0.25, -0.2) is 4.79 Å². The van der Waals surface area contributed by atoms with Crippen LogP contribution in [0.3, 0.4) is 0 Å². The second-order valence-electron chi connectivity index (χ2n) is 4.74. The lowest BCUT2D eigenvalue weighted by molar-refractivity contribution is -0.136. The van der Waals surface area contributed by atoms with Crippen LogP contribution in [0.25, 0.3) is 0 Å². The summed E-state index contributed by atoms with van der Waals surface area (Å²) in [5, 5.41) is 9.92. The molecule has 2 rings (SSSR count). The number of hydrogen-bond acceptors (Lipinski definition) is 6. The zero-order valence-corrected chi connectivity index (χ0v) is 13.4. The maximum atomic E-state index is 12.3. The molecule has 0 saturated carbocycles. The van der Waals surface area contributed by atoms with Crippen LogP contribution in [0.15, 0.2) is 47.1 Å². The molecule has 0 saturated heterocycles. The molecule has 6 nitrogen and oxygen atoms in total. The van der Waals surface area contributed by atoms with Crippen LogP contribution in [-0.2, 0) is 19.0 Å². The van der Waals surface area contributed by atoms with Crippen LogP contribution in [0.4, 0.5) is 0 Å². The lowest BCUT2D eigenvalue weighted by atomic mass is 9.83. The van der Waals surface area contributed by atoms with Gasteiger partial charge in [0.25, 0.3) is 0 Å². The molecule has 1 aromatic carbocycles. The maximum Gasteiger partial charge on any atom is 0.338 e. The van der Waals surface area contributed by atoms with Crippen molar-refractivity contribution in [1.82, 2.24) is 0 Å². The van der Waals surface area contributed by atoms with Crippen molar-refractivity contribution in [2.24, 2.45) is 5.73 Å². The number of nitrogens with two attached hydrogens (primary N) is 1. The molecule has 23 heavy (non-hydrogen) atoms. The first-order valence-electron chi connectivity index (χ1n) is 6.66. The Bertz CT molecular complexity index is 734. The number of rotatable bonds is 4. The average molecular weight is 335 g/mol. The molecule has 0 aliphatic carbocycles. The molecule has 0 amide bonds. The molecule has 120 valence electrons. The van der Waals surface area contributed by atoms with Gasteiger partial charge in [-0.3, -0.25) is 0 Å². The van der Waals surface area contributed by atoms with E-state index < -0.39 is 11.9 Å². The Labute approximate surface area is 138 Å². The van der Waals surface area contributed by atoms with Gasteiger partial charge in [0, 0.05) is 12.1 Å². The van der Waals surface area contributed by atoms with Crippen LogP contribution in [0, 0.1) is 11.3 Å². The Balaban J connectivity index is 2.68. The first-order valence-corrected chi connectivity index (χ1v) is 7.04. The summed E-state index contributed by atoms with van der Waals surface area (Å²) in [4.78, 5) is 12.3. The highest BCUT2D eigenvalue weighted by Crippen LogP contribution is 2.40. The molecule has 0 radical (unpaired) electrons. The molecule has 1 atom stereocenters. The van der Waals surface area contributed by atoms with Crippen LogP contribution in [0.5, 0.6) is 0 Å². The minimum absolute atomic E-state index is 0.0148. The summed E-state index contributed by atoms with van der Waals surface area (Å²) in [7, 11) is 2.71. The number of nitrogens with zero attached hydrogens (tertiary/aromatic N) is 1. The number of nitriles is 1. The largest absolute Gasteiger partial charge is 0.466 e. The predicted molar refractivity (Wildman–Crippen MR) is 83.0 cm³/mol. The van der Waals surface area contributed by atoms with Gasteiger partial charge in [-0.1, -0.05) is 23.7 Å². The Morgan fingerprint density at radius 1 is 1.48 bits per heavy atom. The lowest BCUT2D eigenvalue weighted by Crippen LogP contribution is -2.27. The van der Waals surface area contributed by atoms with E-state index in [0.717, 1.165) is 0 Å². The smallest absolute Gasteiger partial charge is 0.338 e. The molecule has 1 unspecified atom stereocenters. The highest BCUT2D eigenvalue weighted by Gasteiger charge is 2.37. The van der Waals surface area contributed by atoms with Gasteiger partial charge < -0.3 is 19.9 Å². The molecule has 2 N–H and O–H groups in total. The van der Waals surface area contributed by atoms with Gasteiger partial charge in [0.05, 0.1) is 18.6 Å². The monoisotopic (exact) mass is 334 g/mol. The Morgan fingerprint density at radius 3 is 2.78 bits per heavy atom. The van der Waals surface area contributed by atoms with E-state index in [9.17, 15) is 10.1 Å². The summed E-state index contributed by atoms with van der Waals surface area (Å²) < 4.78 is 15.3. The predicted octanol–water partition coefficient (Wildman–Crippen LogP) is 2.22. The molecule has 1 heterocycles. The minimum Gasteiger partial charge on any atom is -0.466 e. The van der Waals surface area contributed by atoms with Crippen molar-refractivity contribution in [3.63, 3.8) is 0 Å². The summed E-state index contributed by atoms with van der Waals surface area (Å²) in [6, 6.07) is 8.83. The van der Waals surface area contributed by atoms with E-state index in [-0.39, 0.29) is 29.4 Å². The molecule has 0 spiro atoms. The summed E-state index contributed by atoms with van der Waals surface area (Å²) >= 11 is 6.03. The standard InChI is InChI=1S/C16H15ClN2O4/c1-21-8-12-14(16(20)22-2)13(11(7-18)15(19)23-12)9-4-3-5-10(17)6-9/h3-6,13H,8,19H2,1-2H3. The number of esters is 1. The topological polar surface area (TPSA) is 94.6 Å². The van der Waals surface area contributed by atoms with Crippen molar-refractivity contribution in [2.45, 2.75) is 5.92 Å². The number of carbonyl (C=O) groups is 1. The molecule has 1 aromatic rings. The van der Waals surface area contributed by atoms with Gasteiger partial charge in [-0.2, -0.15) is 5.26 Å². The van der Waals surface area contributed by atoms with Gasteiger partial charge in [-0.05, 0) is 17.7 Å². The first-order chi connectivity index (χ1) is 11.0. The van der Waals surface area contributed by atoms with Crippen molar-refractivity contribution < 1.29 is 19.0 Å². The highest BCUT2D eigenvalue weighted by atomic mass is 35.5. The SMILES string of the molecule is COCC1=C(C(=O)OC)C(c2cccc(Cl)c2)C(C#N)=C(N)O1. The van der Waals surface area contributed by atoms with Crippen LogP contribution >= 0.6 is 11.6 Å². The zero-order valence-electron chi connectivity index (χ0n) is 12.6. The quantitative estimate of drug-likeness (QED) is 0.848. The first kappa shape index (κ1) is 16.9. The maximum absolute atomic E-state index is 12.3. The third-order valence-electron chi connectivity index (χ3n) is 3.36. The fraction of sp³-hybridized carbons (Fsp3) is 0.250.